The van der Waals surface area contributed by atoms with Crippen molar-refractivity contribution in [2.75, 3.05) is 12.8 Å². The van der Waals surface area contributed by atoms with Crippen LogP contribution in [0.5, 0.6) is 5.75 Å². The van der Waals surface area contributed by atoms with E-state index in [1.807, 2.05) is 6.07 Å². The van der Waals surface area contributed by atoms with Gasteiger partial charge in [-0.05, 0) is 55.5 Å². The van der Waals surface area contributed by atoms with Crippen LogP contribution >= 0.6 is 11.6 Å². The largest absolute Gasteiger partial charge is 0.495 e. The fourth-order valence-corrected chi connectivity index (χ4v) is 4.38. The van der Waals surface area contributed by atoms with Gasteiger partial charge >= 0.3 is 5.97 Å². The number of nitrogens with two attached hydrogens (primary N) is 1. The molecule has 178 valence electrons. The second-order valence-electron chi connectivity index (χ2n) is 8.20. The lowest BCUT2D eigenvalue weighted by atomic mass is 9.81. The van der Waals surface area contributed by atoms with Crippen LogP contribution in [0.2, 0.25) is 5.02 Å². The topological polar surface area (TPSA) is 132 Å². The second kappa shape index (κ2) is 11.0. The van der Waals surface area contributed by atoms with Crippen LogP contribution in [-0.4, -0.2) is 30.9 Å². The molecule has 0 aromatic heterocycles. The Balaban J connectivity index is 1.76. The summed E-state index contributed by atoms with van der Waals surface area (Å²) >= 11 is 6.13. The van der Waals surface area contributed by atoms with Crippen molar-refractivity contribution in [2.45, 2.75) is 45.3 Å². The summed E-state index contributed by atoms with van der Waals surface area (Å²) in [5, 5.41) is 12.6. The summed E-state index contributed by atoms with van der Waals surface area (Å²) in [5.74, 6) is -0.859. The van der Waals surface area contributed by atoms with Crippen molar-refractivity contribution in [1.82, 2.24) is 5.32 Å². The number of esters is 1. The van der Waals surface area contributed by atoms with E-state index in [9.17, 15) is 19.6 Å². The van der Waals surface area contributed by atoms with Crippen molar-refractivity contribution >= 4 is 34.9 Å². The van der Waals surface area contributed by atoms with Crippen molar-refractivity contribution in [3.05, 3.63) is 57.6 Å². The predicted octanol–water partition coefficient (Wildman–Crippen LogP) is 4.04. The molecule has 0 spiro atoms. The zero-order valence-electron chi connectivity index (χ0n) is 19.0. The smallest absolute Gasteiger partial charge is 0.302 e. The molecule has 34 heavy (non-hydrogen) atoms. The van der Waals surface area contributed by atoms with E-state index in [1.54, 1.807) is 18.2 Å². The van der Waals surface area contributed by atoms with Gasteiger partial charge in [0.1, 0.15) is 11.9 Å². The maximum Gasteiger partial charge on any atom is 0.302 e. The number of nitrogen functional groups attached to an aromatic ring is 1. The Morgan fingerprint density at radius 2 is 1.82 bits per heavy atom. The van der Waals surface area contributed by atoms with E-state index in [-0.39, 0.29) is 52.7 Å². The molecule has 3 N–H and O–H groups in total. The predicted molar refractivity (Wildman–Crippen MR) is 127 cm³/mol. The molecule has 2 aromatic carbocycles. The van der Waals surface area contributed by atoms with E-state index in [4.69, 9.17) is 26.8 Å². The highest BCUT2D eigenvalue weighted by molar-refractivity contribution is 6.32. The second-order valence-corrected chi connectivity index (χ2v) is 8.60. The van der Waals surface area contributed by atoms with Gasteiger partial charge in [-0.15, -0.1) is 0 Å². The van der Waals surface area contributed by atoms with Crippen LogP contribution in [0.25, 0.3) is 0 Å². The van der Waals surface area contributed by atoms with Gasteiger partial charge in [-0.3, -0.25) is 14.4 Å². The molecular formula is C25H26ClN3O5. The van der Waals surface area contributed by atoms with Gasteiger partial charge in [-0.2, -0.15) is 5.26 Å². The average molecular weight is 484 g/mol. The Morgan fingerprint density at radius 1 is 1.15 bits per heavy atom. The third-order valence-electron chi connectivity index (χ3n) is 5.87. The normalized spacial score (nSPS) is 17.4. The molecule has 0 aliphatic heterocycles. The first-order chi connectivity index (χ1) is 16.2. The molecule has 3 rings (SSSR count). The first-order valence-electron chi connectivity index (χ1n) is 10.9. The number of nitrogens with one attached hydrogen (secondary N) is 1. The number of carbonyl (C=O) groups excluding carboxylic acids is 3. The Bertz CT molecular complexity index is 1150. The number of Topliss-reactive ketones (excluding diaryl/α,β-unsaturated/α-hetero) is 1. The molecule has 0 heterocycles. The summed E-state index contributed by atoms with van der Waals surface area (Å²) in [6.07, 6.45) is 2.02. The highest BCUT2D eigenvalue weighted by Gasteiger charge is 2.30. The first kappa shape index (κ1) is 25.1. The molecule has 0 unspecified atom stereocenters. The molecule has 0 bridgehead atoms. The summed E-state index contributed by atoms with van der Waals surface area (Å²) in [4.78, 5) is 37.3. The third kappa shape index (κ3) is 5.86. The van der Waals surface area contributed by atoms with Gasteiger partial charge in [-0.1, -0.05) is 17.7 Å². The third-order valence-corrected chi connectivity index (χ3v) is 6.16. The van der Waals surface area contributed by atoms with Crippen molar-refractivity contribution in [2.24, 2.45) is 5.92 Å². The van der Waals surface area contributed by atoms with Crippen molar-refractivity contribution in [1.29, 1.82) is 5.26 Å². The van der Waals surface area contributed by atoms with Crippen LogP contribution in [0.15, 0.2) is 30.3 Å². The number of nitrogens with zero attached hydrogens (tertiary/aromatic N) is 1. The Kier molecular flexibility index (Phi) is 8.13. The zero-order chi connectivity index (χ0) is 24.8. The lowest BCUT2D eigenvalue weighted by Gasteiger charge is -2.27. The van der Waals surface area contributed by atoms with Gasteiger partial charge in [0.25, 0.3) is 5.91 Å². The number of hydrogen-bond acceptors (Lipinski definition) is 7. The van der Waals surface area contributed by atoms with Gasteiger partial charge < -0.3 is 20.5 Å². The van der Waals surface area contributed by atoms with Crippen molar-refractivity contribution in [3.8, 4) is 11.8 Å². The molecule has 0 atom stereocenters. The summed E-state index contributed by atoms with van der Waals surface area (Å²) in [5.41, 5.74) is 7.42. The quantitative estimate of drug-likeness (QED) is 0.345. The summed E-state index contributed by atoms with van der Waals surface area (Å²) in [6, 6.07) is 9.93. The zero-order valence-corrected chi connectivity index (χ0v) is 19.8. The molecular weight excluding hydrogens is 458 g/mol. The van der Waals surface area contributed by atoms with E-state index < -0.39 is 5.91 Å². The molecule has 0 radical (unpaired) electrons. The van der Waals surface area contributed by atoms with Gasteiger partial charge in [0, 0.05) is 24.9 Å². The van der Waals surface area contributed by atoms with Crippen LogP contribution in [0.4, 0.5) is 5.69 Å². The number of anilines is 1. The van der Waals surface area contributed by atoms with E-state index in [2.05, 4.69) is 5.32 Å². The number of carbonyl (C=O) groups is 3. The van der Waals surface area contributed by atoms with Gasteiger partial charge in [0.15, 0.2) is 5.78 Å². The molecule has 0 saturated heterocycles. The Hall–Kier alpha value is -3.57. The van der Waals surface area contributed by atoms with E-state index in [0.717, 1.165) is 5.56 Å². The van der Waals surface area contributed by atoms with Crippen LogP contribution in [0.1, 0.15) is 64.4 Å². The molecule has 1 saturated carbocycles. The number of rotatable bonds is 7. The lowest BCUT2D eigenvalue weighted by molar-refractivity contribution is -0.147. The molecule has 1 fully saturated rings. The fraction of sp³-hybridized carbons (Fsp3) is 0.360. The summed E-state index contributed by atoms with van der Waals surface area (Å²) < 4.78 is 10.4. The number of ketones is 1. The van der Waals surface area contributed by atoms with E-state index in [1.165, 1.54) is 26.2 Å². The van der Waals surface area contributed by atoms with Crippen LogP contribution in [0.3, 0.4) is 0 Å². The first-order valence-corrected chi connectivity index (χ1v) is 11.3. The number of nitriles is 1. The van der Waals surface area contributed by atoms with E-state index in [0.29, 0.717) is 36.5 Å². The van der Waals surface area contributed by atoms with Gasteiger partial charge in [0.2, 0.25) is 0 Å². The molecule has 2 aromatic rings. The minimum atomic E-state index is -0.505. The summed E-state index contributed by atoms with van der Waals surface area (Å²) in [6.45, 7) is 1.53. The minimum absolute atomic E-state index is 0.0383. The van der Waals surface area contributed by atoms with Crippen molar-refractivity contribution in [3.63, 3.8) is 0 Å². The Morgan fingerprint density at radius 3 is 2.41 bits per heavy atom. The molecule has 9 heteroatoms. The SMILES string of the molecule is COc1ccc(CNC(=O)c2cc(C#N)cc(C(=O)C3CCC(OC(C)=O)CC3)c2N)cc1Cl. The van der Waals surface area contributed by atoms with Crippen LogP contribution in [-0.2, 0) is 16.1 Å². The maximum absolute atomic E-state index is 13.2. The number of ether oxygens (including phenoxy) is 2. The number of benzene rings is 2. The standard InChI is InChI=1S/C25H26ClN3O5/c1-14(30)34-18-6-4-17(5-7-18)24(31)19-9-16(12-27)10-20(23(19)28)25(32)29-13-15-3-8-22(33-2)21(26)11-15/h3,8-11,17-18H,4-7,13,28H2,1-2H3,(H,29,32). The van der Waals surface area contributed by atoms with E-state index >= 15 is 0 Å². The summed E-state index contributed by atoms with van der Waals surface area (Å²) in [7, 11) is 1.51. The molecule has 1 amide bonds. The molecule has 1 aliphatic rings. The minimum Gasteiger partial charge on any atom is -0.495 e. The molecule has 8 nitrogen and oxygen atoms in total. The van der Waals surface area contributed by atoms with Crippen molar-refractivity contribution < 1.29 is 23.9 Å². The van der Waals surface area contributed by atoms with Crippen LogP contribution < -0.4 is 15.8 Å². The van der Waals surface area contributed by atoms with Gasteiger partial charge in [0.05, 0.1) is 35.0 Å². The Labute approximate surface area is 203 Å². The number of halogens is 1. The lowest BCUT2D eigenvalue weighted by Crippen LogP contribution is -2.29. The fourth-order valence-electron chi connectivity index (χ4n) is 4.10. The highest BCUT2D eigenvalue weighted by Crippen LogP contribution is 2.32. The molecule has 1 aliphatic carbocycles. The van der Waals surface area contributed by atoms with Gasteiger partial charge in [-0.25, -0.2) is 0 Å². The monoisotopic (exact) mass is 483 g/mol. The van der Waals surface area contributed by atoms with Crippen LogP contribution in [0, 0.1) is 17.2 Å². The average Bonchev–Trinajstić information content (AvgIpc) is 2.82. The highest BCUT2D eigenvalue weighted by atomic mass is 35.5. The maximum atomic E-state index is 13.2. The number of hydrogen-bond donors (Lipinski definition) is 2. The number of methoxy groups -OCH3 is 1. The number of amides is 1.